The summed E-state index contributed by atoms with van der Waals surface area (Å²) in [5.74, 6) is 0.799. The number of hydrogen-bond acceptors (Lipinski definition) is 3. The summed E-state index contributed by atoms with van der Waals surface area (Å²) in [5.41, 5.74) is 2.93. The highest BCUT2D eigenvalue weighted by molar-refractivity contribution is 5.89. The first kappa shape index (κ1) is 16.3. The zero-order valence-corrected chi connectivity index (χ0v) is 13.7. The average molecular weight is 326 g/mol. The Morgan fingerprint density at radius 2 is 2.08 bits per heavy atom. The molecular formula is C19H22N2O3. The van der Waals surface area contributed by atoms with E-state index in [-0.39, 0.29) is 6.03 Å². The summed E-state index contributed by atoms with van der Waals surface area (Å²) in [6, 6.07) is 15.6. The van der Waals surface area contributed by atoms with Gasteiger partial charge in [0, 0.05) is 30.8 Å². The van der Waals surface area contributed by atoms with E-state index < -0.39 is 6.10 Å². The third kappa shape index (κ3) is 3.86. The maximum Gasteiger partial charge on any atom is 0.321 e. The van der Waals surface area contributed by atoms with Gasteiger partial charge in [-0.1, -0.05) is 30.3 Å². The second kappa shape index (κ2) is 7.36. The smallest absolute Gasteiger partial charge is 0.321 e. The quantitative estimate of drug-likeness (QED) is 0.908. The van der Waals surface area contributed by atoms with E-state index in [0.29, 0.717) is 19.5 Å². The molecule has 2 aromatic carbocycles. The molecule has 0 aromatic heterocycles. The van der Waals surface area contributed by atoms with Gasteiger partial charge in [0.15, 0.2) is 0 Å². The first-order chi connectivity index (χ1) is 11.7. The number of urea groups is 1. The predicted octanol–water partition coefficient (Wildman–Crippen LogP) is 2.88. The lowest BCUT2D eigenvalue weighted by molar-refractivity contribution is 0.176. The molecule has 1 aliphatic heterocycles. The number of anilines is 1. The molecule has 5 nitrogen and oxygen atoms in total. The van der Waals surface area contributed by atoms with Gasteiger partial charge < -0.3 is 20.1 Å². The van der Waals surface area contributed by atoms with Gasteiger partial charge in [-0.15, -0.1) is 0 Å². The molecule has 0 unspecified atom stereocenters. The molecule has 3 rings (SSSR count). The van der Waals surface area contributed by atoms with E-state index in [1.165, 1.54) is 5.56 Å². The standard InChI is InChI=1S/C19H22N2O3/c1-24-18-8-7-16(20-19(23)21-10-9-17(22)13-21)12-15(18)11-14-5-3-2-4-6-14/h2-8,12,17,22H,9-11,13H2,1H3,(H,20,23)/t17-/m1/s1. The normalized spacial score (nSPS) is 16.9. The molecule has 126 valence electrons. The number of ether oxygens (including phenoxy) is 1. The molecule has 0 bridgehead atoms. The molecule has 24 heavy (non-hydrogen) atoms. The number of benzene rings is 2. The number of nitrogens with zero attached hydrogens (tertiary/aromatic N) is 1. The van der Waals surface area contributed by atoms with Crippen molar-refractivity contribution in [2.75, 3.05) is 25.5 Å². The summed E-state index contributed by atoms with van der Waals surface area (Å²) in [6.07, 6.45) is 0.950. The van der Waals surface area contributed by atoms with Gasteiger partial charge in [0.2, 0.25) is 0 Å². The fourth-order valence-corrected chi connectivity index (χ4v) is 2.94. The topological polar surface area (TPSA) is 61.8 Å². The van der Waals surface area contributed by atoms with Gasteiger partial charge in [-0.2, -0.15) is 0 Å². The zero-order valence-electron chi connectivity index (χ0n) is 13.7. The van der Waals surface area contributed by atoms with Crippen LogP contribution in [-0.2, 0) is 6.42 Å². The lowest BCUT2D eigenvalue weighted by Crippen LogP contribution is -2.33. The molecule has 1 aliphatic rings. The van der Waals surface area contributed by atoms with Crippen molar-refractivity contribution in [1.29, 1.82) is 0 Å². The lowest BCUT2D eigenvalue weighted by atomic mass is 10.0. The molecule has 2 N–H and O–H groups in total. The number of likely N-dealkylation sites (tertiary alicyclic amines) is 1. The SMILES string of the molecule is COc1ccc(NC(=O)N2CC[C@@H](O)C2)cc1Cc1ccccc1. The number of aliphatic hydroxyl groups is 1. The van der Waals surface area contributed by atoms with Crippen LogP contribution in [0.1, 0.15) is 17.5 Å². The molecule has 1 saturated heterocycles. The zero-order chi connectivity index (χ0) is 16.9. The lowest BCUT2D eigenvalue weighted by Gasteiger charge is -2.17. The third-order valence-electron chi connectivity index (χ3n) is 4.22. The molecule has 0 radical (unpaired) electrons. The van der Waals surface area contributed by atoms with Crippen molar-refractivity contribution in [2.45, 2.75) is 18.9 Å². The Labute approximate surface area is 141 Å². The van der Waals surface area contributed by atoms with E-state index in [1.54, 1.807) is 12.0 Å². The molecule has 0 aliphatic carbocycles. The summed E-state index contributed by atoms with van der Waals surface area (Å²) in [4.78, 5) is 13.9. The van der Waals surface area contributed by atoms with Crippen LogP contribution in [0.15, 0.2) is 48.5 Å². The van der Waals surface area contributed by atoms with Gasteiger partial charge in [0.1, 0.15) is 5.75 Å². The van der Waals surface area contributed by atoms with Crippen molar-refractivity contribution in [3.63, 3.8) is 0 Å². The number of methoxy groups -OCH3 is 1. The molecule has 5 heteroatoms. The number of hydrogen-bond donors (Lipinski definition) is 2. The van der Waals surface area contributed by atoms with Crippen molar-refractivity contribution in [2.24, 2.45) is 0 Å². The maximum atomic E-state index is 12.3. The van der Waals surface area contributed by atoms with Gasteiger partial charge >= 0.3 is 6.03 Å². The molecule has 2 amide bonds. The van der Waals surface area contributed by atoms with Crippen LogP contribution in [0.3, 0.4) is 0 Å². The van der Waals surface area contributed by atoms with Gasteiger partial charge in [0.05, 0.1) is 13.2 Å². The number of carbonyl (C=O) groups excluding carboxylic acids is 1. The van der Waals surface area contributed by atoms with E-state index in [0.717, 1.165) is 23.4 Å². The Hall–Kier alpha value is -2.53. The van der Waals surface area contributed by atoms with Crippen LogP contribution in [0.5, 0.6) is 5.75 Å². The number of carbonyl (C=O) groups is 1. The Morgan fingerprint density at radius 1 is 1.29 bits per heavy atom. The first-order valence-corrected chi connectivity index (χ1v) is 8.10. The second-order valence-electron chi connectivity index (χ2n) is 6.01. The predicted molar refractivity (Wildman–Crippen MR) is 93.5 cm³/mol. The largest absolute Gasteiger partial charge is 0.496 e. The molecule has 0 spiro atoms. The van der Waals surface area contributed by atoms with E-state index in [9.17, 15) is 9.90 Å². The first-order valence-electron chi connectivity index (χ1n) is 8.10. The Kier molecular flexibility index (Phi) is 5.01. The number of amides is 2. The van der Waals surface area contributed by atoms with Crippen molar-refractivity contribution >= 4 is 11.7 Å². The Morgan fingerprint density at radius 3 is 2.75 bits per heavy atom. The number of rotatable bonds is 4. The van der Waals surface area contributed by atoms with E-state index in [4.69, 9.17) is 4.74 Å². The van der Waals surface area contributed by atoms with Crippen LogP contribution in [0.25, 0.3) is 0 Å². The third-order valence-corrected chi connectivity index (χ3v) is 4.22. The van der Waals surface area contributed by atoms with Crippen LogP contribution in [0.4, 0.5) is 10.5 Å². The monoisotopic (exact) mass is 326 g/mol. The Bertz CT molecular complexity index is 703. The number of β-amino-alcohol motifs (C(OH)–C–C–N with tert-alkyl or cyclic N) is 1. The molecule has 2 aromatic rings. The van der Waals surface area contributed by atoms with Crippen molar-refractivity contribution in [3.8, 4) is 5.75 Å². The molecule has 1 fully saturated rings. The van der Waals surface area contributed by atoms with Crippen molar-refractivity contribution in [3.05, 3.63) is 59.7 Å². The molecular weight excluding hydrogens is 304 g/mol. The fourth-order valence-electron chi connectivity index (χ4n) is 2.94. The van der Waals surface area contributed by atoms with Crippen LogP contribution in [-0.4, -0.2) is 42.3 Å². The van der Waals surface area contributed by atoms with Crippen LogP contribution in [0.2, 0.25) is 0 Å². The van der Waals surface area contributed by atoms with Crippen molar-refractivity contribution < 1.29 is 14.6 Å². The van der Waals surface area contributed by atoms with Gasteiger partial charge in [0.25, 0.3) is 0 Å². The minimum absolute atomic E-state index is 0.178. The summed E-state index contributed by atoms with van der Waals surface area (Å²) < 4.78 is 5.44. The number of nitrogens with one attached hydrogen (secondary N) is 1. The van der Waals surface area contributed by atoms with Gasteiger partial charge in [-0.3, -0.25) is 0 Å². The Balaban J connectivity index is 1.74. The maximum absolute atomic E-state index is 12.3. The van der Waals surface area contributed by atoms with Crippen LogP contribution >= 0.6 is 0 Å². The summed E-state index contributed by atoms with van der Waals surface area (Å²) in [5, 5.41) is 12.5. The summed E-state index contributed by atoms with van der Waals surface area (Å²) >= 11 is 0. The molecule has 1 atom stereocenters. The van der Waals surface area contributed by atoms with Crippen LogP contribution < -0.4 is 10.1 Å². The van der Waals surface area contributed by atoms with Gasteiger partial charge in [-0.05, 0) is 30.2 Å². The highest BCUT2D eigenvalue weighted by Crippen LogP contribution is 2.25. The minimum Gasteiger partial charge on any atom is -0.496 e. The second-order valence-corrected chi connectivity index (χ2v) is 6.01. The fraction of sp³-hybridized carbons (Fsp3) is 0.316. The van der Waals surface area contributed by atoms with Crippen LogP contribution in [0, 0.1) is 0 Å². The van der Waals surface area contributed by atoms with E-state index in [2.05, 4.69) is 17.4 Å². The average Bonchev–Trinajstić information content (AvgIpc) is 3.03. The van der Waals surface area contributed by atoms with E-state index in [1.807, 2.05) is 36.4 Å². The number of aliphatic hydroxyl groups excluding tert-OH is 1. The highest BCUT2D eigenvalue weighted by Gasteiger charge is 2.24. The minimum atomic E-state index is -0.416. The van der Waals surface area contributed by atoms with Gasteiger partial charge in [-0.25, -0.2) is 4.79 Å². The van der Waals surface area contributed by atoms with E-state index >= 15 is 0 Å². The molecule has 1 heterocycles. The summed E-state index contributed by atoms with van der Waals surface area (Å²) in [6.45, 7) is 0.971. The summed E-state index contributed by atoms with van der Waals surface area (Å²) in [7, 11) is 1.65. The highest BCUT2D eigenvalue weighted by atomic mass is 16.5. The van der Waals surface area contributed by atoms with Crippen molar-refractivity contribution in [1.82, 2.24) is 4.90 Å². The molecule has 0 saturated carbocycles.